The van der Waals surface area contributed by atoms with Crippen LogP contribution in [0.4, 0.5) is 0 Å². The van der Waals surface area contributed by atoms with Crippen molar-refractivity contribution >= 4 is 5.78 Å². The number of carbonyl (C=O) groups is 1. The molecule has 1 heterocycles. The fraction of sp³-hybridized carbons (Fsp3) is 0.545. The SMILES string of the molecule is CCc1cc(C(C)=O)c(CC)n1C. The maximum absolute atomic E-state index is 11.3. The van der Waals surface area contributed by atoms with E-state index in [4.69, 9.17) is 0 Å². The van der Waals surface area contributed by atoms with Gasteiger partial charge in [-0.2, -0.15) is 0 Å². The highest BCUT2D eigenvalue weighted by Crippen LogP contribution is 2.16. The zero-order valence-corrected chi connectivity index (χ0v) is 8.85. The van der Waals surface area contributed by atoms with Crippen molar-refractivity contribution in [2.75, 3.05) is 0 Å². The van der Waals surface area contributed by atoms with E-state index in [-0.39, 0.29) is 5.78 Å². The van der Waals surface area contributed by atoms with Crippen LogP contribution in [0.25, 0.3) is 0 Å². The summed E-state index contributed by atoms with van der Waals surface area (Å²) in [6, 6.07) is 2.02. The summed E-state index contributed by atoms with van der Waals surface area (Å²) >= 11 is 0. The van der Waals surface area contributed by atoms with Crippen LogP contribution >= 0.6 is 0 Å². The van der Waals surface area contributed by atoms with Crippen LogP contribution in [-0.4, -0.2) is 10.4 Å². The molecule has 0 bridgehead atoms. The fourth-order valence-electron chi connectivity index (χ4n) is 1.77. The molecule has 0 radical (unpaired) electrons. The Kier molecular flexibility index (Phi) is 2.91. The van der Waals surface area contributed by atoms with Gasteiger partial charge in [0.05, 0.1) is 0 Å². The van der Waals surface area contributed by atoms with E-state index in [1.807, 2.05) is 13.1 Å². The van der Waals surface area contributed by atoms with Gasteiger partial charge in [0.1, 0.15) is 0 Å². The third-order valence-corrected chi connectivity index (χ3v) is 2.53. The van der Waals surface area contributed by atoms with Gasteiger partial charge < -0.3 is 4.57 Å². The number of aromatic nitrogens is 1. The number of Topliss-reactive ketones (excluding diaryl/α,β-unsaturated/α-hetero) is 1. The Labute approximate surface area is 79.6 Å². The monoisotopic (exact) mass is 179 g/mol. The maximum atomic E-state index is 11.3. The van der Waals surface area contributed by atoms with E-state index < -0.39 is 0 Å². The minimum absolute atomic E-state index is 0.173. The van der Waals surface area contributed by atoms with Gasteiger partial charge >= 0.3 is 0 Å². The highest BCUT2D eigenvalue weighted by molar-refractivity contribution is 5.95. The van der Waals surface area contributed by atoms with Gasteiger partial charge in [-0.05, 0) is 25.8 Å². The lowest BCUT2D eigenvalue weighted by Gasteiger charge is -2.04. The standard InChI is InChI=1S/C11H17NO/c1-5-9-7-10(8(3)13)11(6-2)12(9)4/h7H,5-6H2,1-4H3. The second-order valence-electron chi connectivity index (χ2n) is 3.32. The summed E-state index contributed by atoms with van der Waals surface area (Å²) in [5.41, 5.74) is 3.29. The maximum Gasteiger partial charge on any atom is 0.161 e. The Balaban J connectivity index is 3.27. The lowest BCUT2D eigenvalue weighted by Crippen LogP contribution is -2.02. The molecule has 0 aliphatic rings. The number of ketones is 1. The third kappa shape index (κ3) is 1.67. The highest BCUT2D eigenvalue weighted by atomic mass is 16.1. The van der Waals surface area contributed by atoms with E-state index >= 15 is 0 Å². The van der Waals surface area contributed by atoms with Crippen molar-refractivity contribution in [2.45, 2.75) is 33.6 Å². The molecule has 0 unspecified atom stereocenters. The van der Waals surface area contributed by atoms with Gasteiger partial charge in [-0.25, -0.2) is 0 Å². The van der Waals surface area contributed by atoms with Crippen LogP contribution in [0.2, 0.25) is 0 Å². The fourth-order valence-corrected chi connectivity index (χ4v) is 1.77. The quantitative estimate of drug-likeness (QED) is 0.653. The Bertz CT molecular complexity index is 323. The molecule has 0 N–H and O–H groups in total. The normalized spacial score (nSPS) is 10.5. The average Bonchev–Trinajstić information content (AvgIpc) is 2.42. The first-order valence-corrected chi connectivity index (χ1v) is 4.80. The van der Waals surface area contributed by atoms with Gasteiger partial charge in [0.15, 0.2) is 5.78 Å². The lowest BCUT2D eigenvalue weighted by molar-refractivity contribution is 0.101. The summed E-state index contributed by atoms with van der Waals surface area (Å²) in [4.78, 5) is 11.3. The van der Waals surface area contributed by atoms with E-state index in [1.165, 1.54) is 5.69 Å². The molecule has 72 valence electrons. The Morgan fingerprint density at radius 2 is 2.00 bits per heavy atom. The van der Waals surface area contributed by atoms with Crippen molar-refractivity contribution < 1.29 is 4.79 Å². The van der Waals surface area contributed by atoms with Crippen molar-refractivity contribution in [1.29, 1.82) is 0 Å². The van der Waals surface area contributed by atoms with Crippen LogP contribution in [-0.2, 0) is 19.9 Å². The van der Waals surface area contributed by atoms with Crippen molar-refractivity contribution in [3.05, 3.63) is 23.0 Å². The topological polar surface area (TPSA) is 22.0 Å². The first-order chi connectivity index (χ1) is 6.11. The first kappa shape index (κ1) is 10.0. The Morgan fingerprint density at radius 1 is 1.38 bits per heavy atom. The molecule has 0 amide bonds. The molecule has 1 aromatic rings. The lowest BCUT2D eigenvalue weighted by atomic mass is 10.1. The number of nitrogens with zero attached hydrogens (tertiary/aromatic N) is 1. The van der Waals surface area contributed by atoms with E-state index in [0.717, 1.165) is 24.1 Å². The smallest absolute Gasteiger partial charge is 0.161 e. The van der Waals surface area contributed by atoms with Crippen LogP contribution in [0.5, 0.6) is 0 Å². The summed E-state index contributed by atoms with van der Waals surface area (Å²) in [7, 11) is 2.03. The second kappa shape index (κ2) is 3.77. The molecule has 0 saturated heterocycles. The average molecular weight is 179 g/mol. The molecule has 0 aliphatic carbocycles. The van der Waals surface area contributed by atoms with Gasteiger partial charge in [0.2, 0.25) is 0 Å². The predicted octanol–water partition coefficient (Wildman–Crippen LogP) is 2.35. The van der Waals surface area contributed by atoms with Crippen molar-refractivity contribution in [3.8, 4) is 0 Å². The van der Waals surface area contributed by atoms with Gasteiger partial charge in [-0.3, -0.25) is 4.79 Å². The largest absolute Gasteiger partial charge is 0.351 e. The number of rotatable bonds is 3. The molecule has 0 aromatic carbocycles. The number of aryl methyl sites for hydroxylation is 1. The van der Waals surface area contributed by atoms with E-state index in [1.54, 1.807) is 6.92 Å². The molecule has 0 aliphatic heterocycles. The van der Waals surface area contributed by atoms with Crippen molar-refractivity contribution in [3.63, 3.8) is 0 Å². The van der Waals surface area contributed by atoms with Gasteiger partial charge in [0, 0.05) is 24.0 Å². The molecule has 0 atom stereocenters. The van der Waals surface area contributed by atoms with Gasteiger partial charge in [-0.15, -0.1) is 0 Å². The summed E-state index contributed by atoms with van der Waals surface area (Å²) in [6.07, 6.45) is 1.90. The molecule has 0 saturated carbocycles. The number of hydrogen-bond donors (Lipinski definition) is 0. The van der Waals surface area contributed by atoms with E-state index in [0.29, 0.717) is 0 Å². The molecule has 1 rings (SSSR count). The van der Waals surface area contributed by atoms with Crippen LogP contribution in [0.1, 0.15) is 42.5 Å². The minimum Gasteiger partial charge on any atom is -0.351 e. The molecular formula is C11H17NO. The summed E-state index contributed by atoms with van der Waals surface area (Å²) in [6.45, 7) is 5.83. The Morgan fingerprint density at radius 3 is 2.31 bits per heavy atom. The molecule has 1 aromatic heterocycles. The summed E-state index contributed by atoms with van der Waals surface area (Å²) < 4.78 is 2.14. The van der Waals surface area contributed by atoms with E-state index in [9.17, 15) is 4.79 Å². The second-order valence-corrected chi connectivity index (χ2v) is 3.32. The zero-order chi connectivity index (χ0) is 10.0. The minimum atomic E-state index is 0.173. The Hall–Kier alpha value is -1.05. The summed E-state index contributed by atoms with van der Waals surface area (Å²) in [5, 5.41) is 0. The number of carbonyl (C=O) groups excluding carboxylic acids is 1. The molecule has 0 spiro atoms. The van der Waals surface area contributed by atoms with Crippen LogP contribution in [0.15, 0.2) is 6.07 Å². The van der Waals surface area contributed by atoms with Crippen molar-refractivity contribution in [2.24, 2.45) is 7.05 Å². The zero-order valence-electron chi connectivity index (χ0n) is 8.85. The van der Waals surface area contributed by atoms with Crippen LogP contribution < -0.4 is 0 Å². The van der Waals surface area contributed by atoms with Crippen molar-refractivity contribution in [1.82, 2.24) is 4.57 Å². The van der Waals surface area contributed by atoms with Crippen LogP contribution in [0.3, 0.4) is 0 Å². The molecule has 13 heavy (non-hydrogen) atoms. The first-order valence-electron chi connectivity index (χ1n) is 4.80. The van der Waals surface area contributed by atoms with Gasteiger partial charge in [0.25, 0.3) is 0 Å². The highest BCUT2D eigenvalue weighted by Gasteiger charge is 2.12. The summed E-state index contributed by atoms with van der Waals surface area (Å²) in [5.74, 6) is 0.173. The number of hydrogen-bond acceptors (Lipinski definition) is 1. The third-order valence-electron chi connectivity index (χ3n) is 2.53. The molecular weight excluding hydrogens is 162 g/mol. The van der Waals surface area contributed by atoms with Crippen LogP contribution in [0, 0.1) is 0 Å². The molecule has 2 heteroatoms. The predicted molar refractivity (Wildman–Crippen MR) is 54.2 cm³/mol. The van der Waals surface area contributed by atoms with Gasteiger partial charge in [-0.1, -0.05) is 13.8 Å². The van der Waals surface area contributed by atoms with E-state index in [2.05, 4.69) is 18.4 Å². The molecule has 2 nitrogen and oxygen atoms in total. The molecule has 0 fully saturated rings.